The van der Waals surface area contributed by atoms with Crippen molar-refractivity contribution in [1.29, 1.82) is 0 Å². The predicted molar refractivity (Wildman–Crippen MR) is 87.0 cm³/mol. The monoisotopic (exact) mass is 291 g/mol. The molecule has 0 saturated carbocycles. The molecule has 110 valence electrons. The summed E-state index contributed by atoms with van der Waals surface area (Å²) in [5.41, 5.74) is 5.24. The zero-order valence-corrected chi connectivity index (χ0v) is 12.5. The third-order valence-corrected chi connectivity index (χ3v) is 4.30. The van der Waals surface area contributed by atoms with Crippen LogP contribution in [0.15, 0.2) is 48.5 Å². The summed E-state index contributed by atoms with van der Waals surface area (Å²) < 4.78 is 7.59. The molecule has 0 bridgehead atoms. The van der Waals surface area contributed by atoms with Crippen LogP contribution in [0.2, 0.25) is 0 Å². The van der Waals surface area contributed by atoms with Crippen LogP contribution >= 0.6 is 0 Å². The number of hydrogen-bond donors (Lipinski definition) is 0. The van der Waals surface area contributed by atoms with Crippen molar-refractivity contribution >= 4 is 16.9 Å². The van der Waals surface area contributed by atoms with E-state index in [1.165, 1.54) is 11.1 Å². The number of aryl methyl sites for hydroxylation is 2. The Labute approximate surface area is 129 Å². The van der Waals surface area contributed by atoms with Crippen molar-refractivity contribution in [2.75, 3.05) is 6.61 Å². The molecule has 22 heavy (non-hydrogen) atoms. The van der Waals surface area contributed by atoms with Crippen molar-refractivity contribution in [3.63, 3.8) is 0 Å². The predicted octanol–water partition coefficient (Wildman–Crippen LogP) is 4.04. The first kappa shape index (κ1) is 13.1. The van der Waals surface area contributed by atoms with Gasteiger partial charge in [-0.25, -0.2) is 4.79 Å². The van der Waals surface area contributed by atoms with Gasteiger partial charge in [-0.15, -0.1) is 0 Å². The standard InChI is InChI=1S/C19H17NO2/c1-2-22-19(21)16-15-10-6-9-14-11-12-20(17(14)15)18(16)13-7-4-3-5-8-13/h3-10H,2,11-12H2,1H3. The quantitative estimate of drug-likeness (QED) is 0.682. The maximum atomic E-state index is 12.6. The maximum absolute atomic E-state index is 12.6. The molecule has 3 aromatic rings. The fraction of sp³-hybridized carbons (Fsp3) is 0.211. The zero-order chi connectivity index (χ0) is 15.1. The summed E-state index contributed by atoms with van der Waals surface area (Å²) in [7, 11) is 0. The highest BCUT2D eigenvalue weighted by Gasteiger charge is 2.28. The number of ether oxygens (including phenoxy) is 1. The number of hydrogen-bond acceptors (Lipinski definition) is 2. The minimum atomic E-state index is -0.232. The van der Waals surface area contributed by atoms with Gasteiger partial charge in [0.25, 0.3) is 0 Å². The van der Waals surface area contributed by atoms with E-state index in [4.69, 9.17) is 4.74 Å². The van der Waals surface area contributed by atoms with Gasteiger partial charge in [0.1, 0.15) is 0 Å². The molecule has 3 nitrogen and oxygen atoms in total. The molecule has 0 aliphatic carbocycles. The number of aromatic nitrogens is 1. The third-order valence-electron chi connectivity index (χ3n) is 4.30. The van der Waals surface area contributed by atoms with E-state index in [-0.39, 0.29) is 5.97 Å². The average molecular weight is 291 g/mol. The number of carbonyl (C=O) groups excluding carboxylic acids is 1. The Kier molecular flexibility index (Phi) is 3.00. The van der Waals surface area contributed by atoms with E-state index in [1.54, 1.807) is 0 Å². The number of benzene rings is 2. The second-order valence-electron chi connectivity index (χ2n) is 5.53. The van der Waals surface area contributed by atoms with Crippen LogP contribution in [0, 0.1) is 0 Å². The average Bonchev–Trinajstić information content (AvgIpc) is 3.12. The van der Waals surface area contributed by atoms with Crippen molar-refractivity contribution in [3.05, 3.63) is 59.7 Å². The summed E-state index contributed by atoms with van der Waals surface area (Å²) in [4.78, 5) is 12.6. The van der Waals surface area contributed by atoms with Crippen LogP contribution in [0.4, 0.5) is 0 Å². The van der Waals surface area contributed by atoms with Crippen LogP contribution in [0.5, 0.6) is 0 Å². The molecule has 1 aliphatic rings. The van der Waals surface area contributed by atoms with Crippen molar-refractivity contribution in [2.24, 2.45) is 0 Å². The molecule has 0 atom stereocenters. The van der Waals surface area contributed by atoms with Gasteiger partial charge in [-0.1, -0.05) is 48.5 Å². The Balaban J connectivity index is 2.07. The highest BCUT2D eigenvalue weighted by atomic mass is 16.5. The Hall–Kier alpha value is -2.55. The minimum Gasteiger partial charge on any atom is -0.462 e. The Morgan fingerprint density at radius 3 is 2.73 bits per heavy atom. The number of rotatable bonds is 3. The maximum Gasteiger partial charge on any atom is 0.340 e. The van der Waals surface area contributed by atoms with Gasteiger partial charge in [-0.2, -0.15) is 0 Å². The van der Waals surface area contributed by atoms with Crippen LogP contribution in [-0.2, 0) is 17.7 Å². The van der Waals surface area contributed by atoms with Gasteiger partial charge < -0.3 is 9.30 Å². The summed E-state index contributed by atoms with van der Waals surface area (Å²) in [6.07, 6.45) is 1.02. The first-order chi connectivity index (χ1) is 10.8. The van der Waals surface area contributed by atoms with Gasteiger partial charge >= 0.3 is 5.97 Å². The van der Waals surface area contributed by atoms with Gasteiger partial charge in [0.05, 0.1) is 23.4 Å². The van der Waals surface area contributed by atoms with E-state index in [0.717, 1.165) is 29.6 Å². The van der Waals surface area contributed by atoms with Gasteiger partial charge in [0, 0.05) is 11.9 Å². The Morgan fingerprint density at radius 1 is 1.14 bits per heavy atom. The molecular formula is C19H17NO2. The minimum absolute atomic E-state index is 0.232. The molecule has 1 aromatic heterocycles. The lowest BCUT2D eigenvalue weighted by atomic mass is 10.0. The van der Waals surface area contributed by atoms with Crippen LogP contribution < -0.4 is 0 Å². The van der Waals surface area contributed by atoms with Crippen molar-refractivity contribution in [2.45, 2.75) is 19.9 Å². The van der Waals surface area contributed by atoms with E-state index in [9.17, 15) is 4.79 Å². The molecule has 4 rings (SSSR count). The van der Waals surface area contributed by atoms with Gasteiger partial charge in [-0.3, -0.25) is 0 Å². The van der Waals surface area contributed by atoms with Gasteiger partial charge in [0.2, 0.25) is 0 Å². The lowest BCUT2D eigenvalue weighted by molar-refractivity contribution is 0.0529. The largest absolute Gasteiger partial charge is 0.462 e. The molecule has 2 heterocycles. The van der Waals surface area contributed by atoms with Crippen LogP contribution in [0.1, 0.15) is 22.8 Å². The second-order valence-corrected chi connectivity index (χ2v) is 5.53. The van der Waals surface area contributed by atoms with Gasteiger partial charge in [-0.05, 0) is 24.5 Å². The molecule has 0 radical (unpaired) electrons. The van der Waals surface area contributed by atoms with Crippen molar-refractivity contribution < 1.29 is 9.53 Å². The van der Waals surface area contributed by atoms with E-state index in [1.807, 2.05) is 37.3 Å². The van der Waals surface area contributed by atoms with Crippen LogP contribution in [0.25, 0.3) is 22.2 Å². The first-order valence-corrected chi connectivity index (χ1v) is 7.68. The Bertz CT molecular complexity index is 862. The Morgan fingerprint density at radius 2 is 1.95 bits per heavy atom. The van der Waals surface area contributed by atoms with E-state index in [0.29, 0.717) is 12.2 Å². The topological polar surface area (TPSA) is 31.2 Å². The molecule has 3 heteroatoms. The molecule has 1 aliphatic heterocycles. The number of esters is 1. The summed E-state index contributed by atoms with van der Waals surface area (Å²) in [5, 5.41) is 1.01. The number of carbonyl (C=O) groups is 1. The number of nitrogens with zero attached hydrogens (tertiary/aromatic N) is 1. The first-order valence-electron chi connectivity index (χ1n) is 7.68. The molecule has 0 saturated heterocycles. The summed E-state index contributed by atoms with van der Waals surface area (Å²) >= 11 is 0. The highest BCUT2D eigenvalue weighted by Crippen LogP contribution is 2.39. The van der Waals surface area contributed by atoms with Crippen molar-refractivity contribution in [3.8, 4) is 11.3 Å². The fourth-order valence-corrected chi connectivity index (χ4v) is 3.45. The summed E-state index contributed by atoms with van der Waals surface area (Å²) in [5.74, 6) is -0.232. The molecule has 2 aromatic carbocycles. The smallest absolute Gasteiger partial charge is 0.340 e. The highest BCUT2D eigenvalue weighted by molar-refractivity contribution is 6.11. The summed E-state index contributed by atoms with van der Waals surface area (Å²) in [6, 6.07) is 16.3. The number of para-hydroxylation sites is 1. The molecular weight excluding hydrogens is 274 g/mol. The molecule has 0 amide bonds. The molecule has 0 unspecified atom stereocenters. The van der Waals surface area contributed by atoms with E-state index in [2.05, 4.69) is 22.8 Å². The van der Waals surface area contributed by atoms with Crippen LogP contribution in [-0.4, -0.2) is 17.1 Å². The fourth-order valence-electron chi connectivity index (χ4n) is 3.45. The van der Waals surface area contributed by atoms with E-state index >= 15 is 0 Å². The molecule has 0 fully saturated rings. The molecule has 0 spiro atoms. The van der Waals surface area contributed by atoms with Crippen LogP contribution in [0.3, 0.4) is 0 Å². The molecule has 0 N–H and O–H groups in total. The normalized spacial score (nSPS) is 12.8. The lowest BCUT2D eigenvalue weighted by Gasteiger charge is -2.09. The van der Waals surface area contributed by atoms with Gasteiger partial charge in [0.15, 0.2) is 0 Å². The SMILES string of the molecule is CCOC(=O)c1c(-c2ccccc2)n2c3c(cccc13)CC2. The summed E-state index contributed by atoms with van der Waals surface area (Å²) in [6.45, 7) is 3.15. The lowest BCUT2D eigenvalue weighted by Crippen LogP contribution is -2.07. The van der Waals surface area contributed by atoms with Crippen molar-refractivity contribution in [1.82, 2.24) is 4.57 Å². The third kappa shape index (κ3) is 1.78. The zero-order valence-electron chi connectivity index (χ0n) is 12.5. The van der Waals surface area contributed by atoms with E-state index < -0.39 is 0 Å². The second kappa shape index (κ2) is 5.02.